The van der Waals surface area contributed by atoms with Crippen molar-refractivity contribution in [2.45, 2.75) is 297 Å². The average Bonchev–Trinajstić information content (AvgIpc) is 3.26. The van der Waals surface area contributed by atoms with Crippen molar-refractivity contribution in [2.24, 2.45) is 11.8 Å². The molecule has 370 valence electrons. The van der Waals surface area contributed by atoms with Crippen LogP contribution in [0.1, 0.15) is 291 Å². The van der Waals surface area contributed by atoms with Crippen molar-refractivity contribution < 1.29 is 19.1 Å². The Labute approximate surface area is 389 Å². The van der Waals surface area contributed by atoms with Gasteiger partial charge in [0.2, 0.25) is 0 Å². The minimum absolute atomic E-state index is 0.0281. The highest BCUT2D eigenvalue weighted by atomic mass is 16.5. The number of nitrogens with zero attached hydrogens (tertiary/aromatic N) is 1. The van der Waals surface area contributed by atoms with Crippen molar-refractivity contribution in [1.29, 1.82) is 0 Å². The first-order chi connectivity index (χ1) is 30.4. The van der Waals surface area contributed by atoms with Crippen LogP contribution in [-0.2, 0) is 19.1 Å². The summed E-state index contributed by atoms with van der Waals surface area (Å²) in [4.78, 5) is 27.5. The van der Waals surface area contributed by atoms with Crippen LogP contribution in [0.15, 0.2) is 0 Å². The maximum atomic E-state index is 12.6. The molecule has 0 aliphatic rings. The fourth-order valence-electron chi connectivity index (χ4n) is 9.12. The molecule has 0 fully saturated rings. The molecule has 62 heavy (non-hydrogen) atoms. The lowest BCUT2D eigenvalue weighted by Gasteiger charge is -2.20. The first-order valence-corrected chi connectivity index (χ1v) is 28.0. The molecule has 0 bridgehead atoms. The Morgan fingerprint density at radius 3 is 1.02 bits per heavy atom. The molecule has 0 aromatic heterocycles. The van der Waals surface area contributed by atoms with E-state index in [1.165, 1.54) is 225 Å². The molecule has 0 amide bonds. The van der Waals surface area contributed by atoms with Gasteiger partial charge in [0.05, 0.1) is 13.2 Å². The van der Waals surface area contributed by atoms with Crippen molar-refractivity contribution in [3.63, 3.8) is 0 Å². The molecule has 0 aliphatic carbocycles. The maximum Gasteiger partial charge on any atom is 0.305 e. The normalized spacial score (nSPS) is 13.1. The van der Waals surface area contributed by atoms with Gasteiger partial charge in [0.1, 0.15) is 0 Å². The molecule has 1 N–H and O–H groups in total. The zero-order valence-electron chi connectivity index (χ0n) is 43.1. The number of hydrogen-bond acceptors (Lipinski definition) is 6. The highest BCUT2D eigenvalue weighted by Crippen LogP contribution is 2.22. The Morgan fingerprint density at radius 1 is 0.387 bits per heavy atom. The summed E-state index contributed by atoms with van der Waals surface area (Å²) in [5, 5.41) is 3.91. The summed E-state index contributed by atoms with van der Waals surface area (Å²) in [6.45, 7) is 12.6. The molecule has 0 aromatic carbocycles. The molecule has 6 nitrogen and oxygen atoms in total. The summed E-state index contributed by atoms with van der Waals surface area (Å²) < 4.78 is 11.7. The van der Waals surface area contributed by atoms with Crippen LogP contribution in [0.5, 0.6) is 0 Å². The predicted octanol–water partition coefficient (Wildman–Crippen LogP) is 16.9. The average molecular weight is 878 g/mol. The van der Waals surface area contributed by atoms with E-state index < -0.39 is 0 Å². The topological polar surface area (TPSA) is 67.9 Å². The van der Waals surface area contributed by atoms with Crippen molar-refractivity contribution in [2.75, 3.05) is 40.4 Å². The molecule has 6 heteroatoms. The largest absolute Gasteiger partial charge is 0.465 e. The number of unbranched alkanes of at least 4 members (excludes halogenated alkanes) is 26. The summed E-state index contributed by atoms with van der Waals surface area (Å²) in [7, 11) is 4.33. The number of carbonyl (C=O) groups is 2. The van der Waals surface area contributed by atoms with Gasteiger partial charge in [-0.25, -0.2) is 0 Å². The lowest BCUT2D eigenvalue weighted by atomic mass is 9.95. The molecule has 0 saturated carbocycles. The van der Waals surface area contributed by atoms with Crippen LogP contribution in [0.4, 0.5) is 0 Å². The molecule has 0 saturated heterocycles. The number of nitrogens with one attached hydrogen (secondary N) is 1. The van der Waals surface area contributed by atoms with Gasteiger partial charge >= 0.3 is 11.9 Å². The van der Waals surface area contributed by atoms with Gasteiger partial charge in [-0.2, -0.15) is 0 Å². The van der Waals surface area contributed by atoms with Crippen molar-refractivity contribution in [1.82, 2.24) is 10.2 Å². The fraction of sp³-hybridized carbons (Fsp3) is 0.964. The highest BCUT2D eigenvalue weighted by molar-refractivity contribution is 5.69. The number of carbonyl (C=O) groups excluding carboxylic acids is 2. The van der Waals surface area contributed by atoms with Gasteiger partial charge in [0.15, 0.2) is 0 Å². The molecular weight excluding hydrogens is 765 g/mol. The summed E-state index contributed by atoms with van der Waals surface area (Å²) in [6.07, 6.45) is 50.5. The number of ether oxygens (including phenoxy) is 2. The van der Waals surface area contributed by atoms with Crippen LogP contribution in [0.2, 0.25) is 0 Å². The molecule has 0 spiro atoms. The van der Waals surface area contributed by atoms with E-state index in [9.17, 15) is 9.59 Å². The second-order valence-electron chi connectivity index (χ2n) is 20.0. The summed E-state index contributed by atoms with van der Waals surface area (Å²) in [5.41, 5.74) is 0. The Kier molecular flexibility index (Phi) is 48.4. The SMILES string of the molecule is CCCCCCCCC(CCCCCC)COC(=O)CCCCCCCCC(CCCCCCCCC(=O)OCC(CCCCCC)CCCCCCCC)NCCCN(C)C. The van der Waals surface area contributed by atoms with E-state index in [1.807, 2.05) is 0 Å². The molecule has 0 aliphatic heterocycles. The highest BCUT2D eigenvalue weighted by Gasteiger charge is 2.14. The Hall–Kier alpha value is -1.14. The lowest BCUT2D eigenvalue weighted by Crippen LogP contribution is -2.31. The standard InChI is InChI=1S/C56H112N2O4/c1-7-11-15-19-25-33-42-52(40-31-17-13-9-3)50-61-55(59)46-37-29-23-21-27-35-44-54(57-48-39-49-58(5)6)45-36-28-22-24-30-38-47-56(60)62-51-53(41-32-18-14-10-4)43-34-26-20-16-12-8-2/h52-54,57H,7-51H2,1-6H3. The van der Waals surface area contributed by atoms with E-state index in [0.29, 0.717) is 43.9 Å². The quantitative estimate of drug-likeness (QED) is 0.0485. The van der Waals surface area contributed by atoms with Gasteiger partial charge in [-0.05, 0) is 96.8 Å². The van der Waals surface area contributed by atoms with Gasteiger partial charge < -0.3 is 19.7 Å². The summed E-state index contributed by atoms with van der Waals surface area (Å²) in [6, 6.07) is 0.620. The third-order valence-electron chi connectivity index (χ3n) is 13.4. The summed E-state index contributed by atoms with van der Waals surface area (Å²) in [5.74, 6) is 1.16. The molecule has 0 aromatic rings. The third-order valence-corrected chi connectivity index (χ3v) is 13.4. The van der Waals surface area contributed by atoms with Crippen LogP contribution in [-0.4, -0.2) is 63.3 Å². The molecule has 2 unspecified atom stereocenters. The first-order valence-electron chi connectivity index (χ1n) is 28.0. The molecule has 0 radical (unpaired) electrons. The van der Waals surface area contributed by atoms with E-state index in [4.69, 9.17) is 9.47 Å². The van der Waals surface area contributed by atoms with Crippen LogP contribution in [0, 0.1) is 11.8 Å². The molecular formula is C56H112N2O4. The third kappa shape index (κ3) is 45.4. The second kappa shape index (κ2) is 49.3. The fourth-order valence-corrected chi connectivity index (χ4v) is 9.12. The van der Waals surface area contributed by atoms with Crippen LogP contribution >= 0.6 is 0 Å². The molecule has 0 heterocycles. The van der Waals surface area contributed by atoms with Gasteiger partial charge in [-0.3, -0.25) is 9.59 Å². The van der Waals surface area contributed by atoms with Gasteiger partial charge in [-0.1, -0.05) is 220 Å². The summed E-state index contributed by atoms with van der Waals surface area (Å²) >= 11 is 0. The Morgan fingerprint density at radius 2 is 0.677 bits per heavy atom. The van der Waals surface area contributed by atoms with E-state index in [2.05, 4.69) is 52.0 Å². The molecule has 0 rings (SSSR count). The second-order valence-corrected chi connectivity index (χ2v) is 20.0. The lowest BCUT2D eigenvalue weighted by molar-refractivity contribution is -0.146. The predicted molar refractivity (Wildman–Crippen MR) is 271 cm³/mol. The zero-order valence-corrected chi connectivity index (χ0v) is 43.1. The van der Waals surface area contributed by atoms with E-state index in [1.54, 1.807) is 0 Å². The smallest absolute Gasteiger partial charge is 0.305 e. The van der Waals surface area contributed by atoms with E-state index in [-0.39, 0.29) is 11.9 Å². The van der Waals surface area contributed by atoms with Crippen molar-refractivity contribution in [3.8, 4) is 0 Å². The van der Waals surface area contributed by atoms with Gasteiger partial charge in [0.25, 0.3) is 0 Å². The van der Waals surface area contributed by atoms with Crippen LogP contribution in [0.3, 0.4) is 0 Å². The van der Waals surface area contributed by atoms with Gasteiger partial charge in [-0.15, -0.1) is 0 Å². The maximum absolute atomic E-state index is 12.6. The van der Waals surface area contributed by atoms with Crippen molar-refractivity contribution >= 4 is 11.9 Å². The minimum atomic E-state index is 0.0281. The monoisotopic (exact) mass is 877 g/mol. The van der Waals surface area contributed by atoms with Crippen LogP contribution < -0.4 is 5.32 Å². The molecule has 2 atom stereocenters. The van der Waals surface area contributed by atoms with E-state index in [0.717, 1.165) is 38.8 Å². The zero-order chi connectivity index (χ0) is 45.4. The minimum Gasteiger partial charge on any atom is -0.465 e. The van der Waals surface area contributed by atoms with Crippen molar-refractivity contribution in [3.05, 3.63) is 0 Å². The van der Waals surface area contributed by atoms with Gasteiger partial charge in [0, 0.05) is 18.9 Å². The Bertz CT molecular complexity index is 848. The Balaban J connectivity index is 4.28. The number of esters is 2. The van der Waals surface area contributed by atoms with E-state index >= 15 is 0 Å². The first kappa shape index (κ1) is 60.9. The number of hydrogen-bond donors (Lipinski definition) is 1. The number of rotatable bonds is 51. The van der Waals surface area contributed by atoms with Crippen LogP contribution in [0.25, 0.3) is 0 Å².